The molecule has 0 aliphatic heterocycles. The van der Waals surface area contributed by atoms with Gasteiger partial charge in [-0.05, 0) is 6.16 Å². The van der Waals surface area contributed by atoms with E-state index in [1.807, 2.05) is 0 Å². The molecule has 0 aromatic rings. The number of rotatable bonds is 0. The molecule has 0 saturated heterocycles. The van der Waals surface area contributed by atoms with Crippen LogP contribution < -0.4 is 182 Å². The first-order valence-electron chi connectivity index (χ1n) is 1.22. The van der Waals surface area contributed by atoms with E-state index in [-0.39, 0.29) is 162 Å². The van der Waals surface area contributed by atoms with Gasteiger partial charge in [-0.2, -0.15) is 0 Å². The minimum Gasteiger partial charge on any atom is -0.672 e. The van der Waals surface area contributed by atoms with Crippen molar-refractivity contribution in [2.75, 3.05) is 0 Å². The summed E-state index contributed by atoms with van der Waals surface area (Å²) in [7, 11) is -3.63. The molecule has 0 aliphatic carbocycles. The Kier molecular flexibility index (Phi) is 88.3. The zero-order valence-electron chi connectivity index (χ0n) is 7.45. The predicted molar refractivity (Wildman–Crippen MR) is 11.8 cm³/mol. The summed E-state index contributed by atoms with van der Waals surface area (Å²) in [6.07, 6.45) is -2.33. The summed E-state index contributed by atoms with van der Waals surface area (Å²) in [5.41, 5.74) is 0. The first kappa shape index (κ1) is 36.0. The van der Waals surface area contributed by atoms with Crippen LogP contribution in [0.5, 0.6) is 0 Å². The maximum Gasteiger partial charge on any atom is 1.00 e. The molecule has 0 N–H and O–H groups in total. The molecule has 0 radical (unpaired) electrons. The molecule has 0 saturated carbocycles. The monoisotopic (exact) mass is 260 g/mol. The second-order valence-electron chi connectivity index (χ2n) is 0.500. The van der Waals surface area contributed by atoms with Gasteiger partial charge in [-0.1, -0.05) is 0 Å². The van der Waals surface area contributed by atoms with Gasteiger partial charge in [0.05, 0.1) is 0 Å². The Labute approximate surface area is 200 Å². The van der Waals surface area contributed by atoms with Gasteiger partial charge in [0, 0.05) is 9.17 Å². The summed E-state index contributed by atoms with van der Waals surface area (Å²) in [5, 5.41) is 16.7. The number of hydrogen-bond acceptors (Lipinski definition) is 6. The Hall–Kier alpha value is 4.16. The number of hydrogen-bond donors (Lipinski definition) is 0. The van der Waals surface area contributed by atoms with Gasteiger partial charge in [-0.25, -0.2) is 0 Å². The SMILES string of the molecule is O=C([O-])[O-].O=[Si]([O-])[O-].[K+].[K+].[Na+].[Na+]. The zero-order chi connectivity index (χ0) is 7.15. The van der Waals surface area contributed by atoms with Crippen LogP contribution in [-0.4, -0.2) is 15.3 Å². The second kappa shape index (κ2) is 29.4. The average Bonchev–Trinajstić information content (AvgIpc) is 1.25. The van der Waals surface area contributed by atoms with E-state index in [9.17, 15) is 0 Å². The van der Waals surface area contributed by atoms with Crippen molar-refractivity contribution in [3.63, 3.8) is 0 Å². The van der Waals surface area contributed by atoms with Crippen LogP contribution in [0, 0.1) is 0 Å². The molecular formula is CK2Na2O6Si. The first-order valence-corrected chi connectivity index (χ1v) is 2.45. The summed E-state index contributed by atoms with van der Waals surface area (Å²) in [4.78, 5) is 25.4. The Morgan fingerprint density at radius 2 is 1.00 bits per heavy atom. The Morgan fingerprint density at radius 3 is 1.00 bits per heavy atom. The Morgan fingerprint density at radius 1 is 1.00 bits per heavy atom. The average molecular weight is 260 g/mol. The molecule has 0 heterocycles. The first-order chi connectivity index (χ1) is 3.46. The van der Waals surface area contributed by atoms with Crippen molar-refractivity contribution >= 4 is 15.3 Å². The fourth-order valence-corrected chi connectivity index (χ4v) is 0. The van der Waals surface area contributed by atoms with E-state index in [1.165, 1.54) is 0 Å². The molecule has 0 rings (SSSR count). The standard InChI is InChI=1S/CH2O3.2K.2Na.O3Si/c2-1(3)4;;;;;1-4(2)3/h(H2,2,3,4);;;;;/q;4*+1;-2/p-2. The molecule has 48 valence electrons. The van der Waals surface area contributed by atoms with Crippen LogP contribution in [0.4, 0.5) is 4.79 Å². The summed E-state index contributed by atoms with van der Waals surface area (Å²) < 4.78 is 8.52. The minimum absolute atomic E-state index is 0. The summed E-state index contributed by atoms with van der Waals surface area (Å²) >= 11 is 0. The Bertz CT molecular complexity index is 81.5. The number of carboxylic acid groups (broad SMARTS) is 2. The van der Waals surface area contributed by atoms with Crippen molar-refractivity contribution in [2.24, 2.45) is 0 Å². The van der Waals surface area contributed by atoms with E-state index in [0.717, 1.165) is 0 Å². The normalized spacial score (nSPS) is 4.00. The number of carbonyl (C=O) groups excluding carboxylic acids is 1. The van der Waals surface area contributed by atoms with Crippen molar-refractivity contribution in [1.82, 2.24) is 0 Å². The van der Waals surface area contributed by atoms with Gasteiger partial charge in [-0.3, -0.25) is 0 Å². The van der Waals surface area contributed by atoms with Gasteiger partial charge in [0.1, 0.15) is 0 Å². The van der Waals surface area contributed by atoms with Crippen LogP contribution in [0.25, 0.3) is 0 Å². The fourth-order valence-electron chi connectivity index (χ4n) is 0. The third-order valence-corrected chi connectivity index (χ3v) is 0. The second-order valence-corrected chi connectivity index (χ2v) is 1.00. The van der Waals surface area contributed by atoms with Crippen LogP contribution in [0.2, 0.25) is 0 Å². The minimum atomic E-state index is -3.63. The molecule has 0 fully saturated rings. The fraction of sp³-hybridized carbons (Fsp3) is 0. The van der Waals surface area contributed by atoms with Crippen LogP contribution in [-0.2, 0) is 4.46 Å². The molecule has 12 heavy (non-hydrogen) atoms. The van der Waals surface area contributed by atoms with E-state index in [4.69, 9.17) is 29.1 Å². The van der Waals surface area contributed by atoms with Crippen LogP contribution in [0.15, 0.2) is 0 Å². The van der Waals surface area contributed by atoms with Crippen LogP contribution in [0.3, 0.4) is 0 Å². The third kappa shape index (κ3) is 142. The van der Waals surface area contributed by atoms with Gasteiger partial charge >= 0.3 is 162 Å². The number of carbonyl (C=O) groups is 1. The van der Waals surface area contributed by atoms with Crippen molar-refractivity contribution < 1.29 is 191 Å². The summed E-state index contributed by atoms with van der Waals surface area (Å²) in [5.74, 6) is 0. The van der Waals surface area contributed by atoms with Gasteiger partial charge in [0.15, 0.2) is 0 Å². The van der Waals surface area contributed by atoms with E-state index in [0.29, 0.717) is 0 Å². The molecule has 0 atom stereocenters. The predicted octanol–water partition coefficient (Wildman–Crippen LogP) is -17.3. The van der Waals surface area contributed by atoms with Crippen LogP contribution >= 0.6 is 0 Å². The molecule has 0 unspecified atom stereocenters. The molecule has 0 aliphatic rings. The van der Waals surface area contributed by atoms with Crippen molar-refractivity contribution in [2.45, 2.75) is 0 Å². The molecule has 0 amide bonds. The van der Waals surface area contributed by atoms with Crippen molar-refractivity contribution in [1.29, 1.82) is 0 Å². The topological polar surface area (TPSA) is 126 Å². The van der Waals surface area contributed by atoms with E-state index < -0.39 is 15.3 Å². The van der Waals surface area contributed by atoms with Crippen molar-refractivity contribution in [3.05, 3.63) is 0 Å². The van der Waals surface area contributed by atoms with Gasteiger partial charge in [0.2, 0.25) is 0 Å². The molecule has 0 aromatic heterocycles. The van der Waals surface area contributed by atoms with Gasteiger partial charge in [-0.15, -0.1) is 0 Å². The summed E-state index contributed by atoms with van der Waals surface area (Å²) in [6, 6.07) is 0. The molecule has 11 heteroatoms. The summed E-state index contributed by atoms with van der Waals surface area (Å²) in [6.45, 7) is 0. The largest absolute Gasteiger partial charge is 1.00 e. The molecule has 6 nitrogen and oxygen atoms in total. The van der Waals surface area contributed by atoms with Crippen LogP contribution in [0.1, 0.15) is 0 Å². The maximum absolute atomic E-state index is 8.52. The van der Waals surface area contributed by atoms with E-state index in [1.54, 1.807) is 0 Å². The van der Waals surface area contributed by atoms with Gasteiger partial charge in [0.25, 0.3) is 0 Å². The quantitative estimate of drug-likeness (QED) is 0.398. The zero-order valence-corrected chi connectivity index (χ0v) is 18.7. The molecule has 0 bridgehead atoms. The van der Waals surface area contributed by atoms with Gasteiger partial charge < -0.3 is 29.1 Å². The molecule has 0 aromatic carbocycles. The smallest absolute Gasteiger partial charge is 0.672 e. The third-order valence-electron chi connectivity index (χ3n) is 0. The molecular weight excluding hydrogens is 260 g/mol. The maximum atomic E-state index is 8.52. The van der Waals surface area contributed by atoms with E-state index >= 15 is 0 Å². The van der Waals surface area contributed by atoms with E-state index in [2.05, 4.69) is 0 Å². The molecule has 0 spiro atoms. The Balaban J connectivity index is -0.0000000112. The van der Waals surface area contributed by atoms with Crippen molar-refractivity contribution in [3.8, 4) is 0 Å².